The highest BCUT2D eigenvalue weighted by molar-refractivity contribution is 5.92. The molecule has 2 heterocycles. The summed E-state index contributed by atoms with van der Waals surface area (Å²) in [5.74, 6) is -1.55. The van der Waals surface area contributed by atoms with Crippen molar-refractivity contribution in [3.05, 3.63) is 35.6 Å². The van der Waals surface area contributed by atoms with Gasteiger partial charge in [0.05, 0.1) is 17.4 Å². The van der Waals surface area contributed by atoms with Crippen LogP contribution in [0.5, 0.6) is 0 Å². The first-order valence-corrected chi connectivity index (χ1v) is 8.35. The van der Waals surface area contributed by atoms with Crippen molar-refractivity contribution in [2.45, 2.75) is 24.7 Å². The van der Waals surface area contributed by atoms with E-state index in [9.17, 15) is 19.1 Å². The Labute approximate surface area is 139 Å². The zero-order valence-corrected chi connectivity index (χ0v) is 13.3. The maximum absolute atomic E-state index is 14.2. The fourth-order valence-electron chi connectivity index (χ4n) is 4.33. The molecule has 24 heavy (non-hydrogen) atoms. The highest BCUT2D eigenvalue weighted by Crippen LogP contribution is 2.52. The van der Waals surface area contributed by atoms with Crippen LogP contribution in [0.4, 0.5) is 4.39 Å². The van der Waals surface area contributed by atoms with E-state index in [2.05, 4.69) is 0 Å². The summed E-state index contributed by atoms with van der Waals surface area (Å²) in [6, 6.07) is 6.39. The van der Waals surface area contributed by atoms with Crippen molar-refractivity contribution < 1.29 is 23.8 Å². The predicted octanol–water partition coefficient (Wildman–Crippen LogP) is 1.81. The van der Waals surface area contributed by atoms with Gasteiger partial charge in [-0.05, 0) is 25.3 Å². The molecule has 2 aliphatic heterocycles. The first kappa shape index (κ1) is 15.6. The van der Waals surface area contributed by atoms with Gasteiger partial charge in [-0.3, -0.25) is 9.59 Å². The lowest BCUT2D eigenvalue weighted by Gasteiger charge is -2.34. The fraction of sp³-hybridized carbons (Fsp3) is 0.556. The molecule has 5 nitrogen and oxygen atoms in total. The molecule has 3 aliphatic rings. The average Bonchev–Trinajstić information content (AvgIpc) is 3.27. The summed E-state index contributed by atoms with van der Waals surface area (Å²) in [7, 11) is 0. The van der Waals surface area contributed by atoms with Crippen molar-refractivity contribution in [3.63, 3.8) is 0 Å². The Bertz CT molecular complexity index is 702. The molecule has 3 fully saturated rings. The van der Waals surface area contributed by atoms with E-state index in [0.717, 1.165) is 0 Å². The van der Waals surface area contributed by atoms with E-state index in [1.165, 1.54) is 6.07 Å². The Morgan fingerprint density at radius 1 is 1.25 bits per heavy atom. The van der Waals surface area contributed by atoms with Crippen molar-refractivity contribution in [2.75, 3.05) is 26.3 Å². The van der Waals surface area contributed by atoms with E-state index in [-0.39, 0.29) is 24.2 Å². The number of fused-ring (bicyclic) bond motifs is 1. The van der Waals surface area contributed by atoms with Crippen LogP contribution in [0, 0.1) is 17.2 Å². The second-order valence-electron chi connectivity index (χ2n) is 7.23. The van der Waals surface area contributed by atoms with E-state index < -0.39 is 16.8 Å². The number of hydrogen-bond donors (Lipinski definition) is 1. The largest absolute Gasteiger partial charge is 0.481 e. The van der Waals surface area contributed by atoms with Gasteiger partial charge in [0.15, 0.2) is 0 Å². The average molecular weight is 333 g/mol. The number of carbonyl (C=O) groups excluding carboxylic acids is 1. The number of carboxylic acid groups (broad SMARTS) is 1. The number of nitrogens with zero attached hydrogens (tertiary/aromatic N) is 1. The molecule has 1 aliphatic carbocycles. The number of hydrogen-bond acceptors (Lipinski definition) is 3. The molecule has 0 spiro atoms. The van der Waals surface area contributed by atoms with Crippen LogP contribution in [0.1, 0.15) is 24.8 Å². The third kappa shape index (κ3) is 2.09. The minimum Gasteiger partial charge on any atom is -0.481 e. The van der Waals surface area contributed by atoms with Crippen LogP contribution < -0.4 is 0 Å². The van der Waals surface area contributed by atoms with Crippen molar-refractivity contribution in [1.29, 1.82) is 0 Å². The van der Waals surface area contributed by atoms with Crippen LogP contribution in [-0.4, -0.2) is 48.2 Å². The van der Waals surface area contributed by atoms with Gasteiger partial charge in [-0.15, -0.1) is 0 Å². The summed E-state index contributed by atoms with van der Waals surface area (Å²) >= 11 is 0. The van der Waals surface area contributed by atoms with Gasteiger partial charge in [-0.25, -0.2) is 4.39 Å². The van der Waals surface area contributed by atoms with E-state index in [1.807, 2.05) is 0 Å². The lowest BCUT2D eigenvalue weighted by molar-refractivity contribution is -0.157. The topological polar surface area (TPSA) is 66.8 Å². The van der Waals surface area contributed by atoms with Crippen molar-refractivity contribution in [1.82, 2.24) is 4.90 Å². The summed E-state index contributed by atoms with van der Waals surface area (Å²) in [6.07, 6.45) is 1.65. The molecule has 1 amide bonds. The van der Waals surface area contributed by atoms with Gasteiger partial charge < -0.3 is 14.7 Å². The first-order valence-electron chi connectivity index (χ1n) is 8.35. The molecule has 1 aromatic rings. The molecule has 2 atom stereocenters. The van der Waals surface area contributed by atoms with E-state index >= 15 is 0 Å². The number of aliphatic carboxylic acids is 1. The van der Waals surface area contributed by atoms with Crippen molar-refractivity contribution in [2.24, 2.45) is 11.3 Å². The zero-order valence-electron chi connectivity index (χ0n) is 13.3. The number of rotatable bonds is 3. The molecular weight excluding hydrogens is 313 g/mol. The Hall–Kier alpha value is -1.95. The van der Waals surface area contributed by atoms with Gasteiger partial charge in [0, 0.05) is 31.2 Å². The SMILES string of the molecule is O=C(N1C[C@@H]2COCC[C@]2(C(=O)O)C1)C1(c2ccccc2F)CC1. The van der Waals surface area contributed by atoms with E-state index in [0.29, 0.717) is 44.6 Å². The quantitative estimate of drug-likeness (QED) is 0.916. The fourth-order valence-corrected chi connectivity index (χ4v) is 4.33. The maximum atomic E-state index is 14.2. The monoisotopic (exact) mass is 333 g/mol. The third-order valence-corrected chi connectivity index (χ3v) is 5.97. The van der Waals surface area contributed by atoms with Crippen LogP contribution >= 0.6 is 0 Å². The summed E-state index contributed by atoms with van der Waals surface area (Å²) < 4.78 is 19.6. The van der Waals surface area contributed by atoms with Gasteiger partial charge in [-0.1, -0.05) is 18.2 Å². The van der Waals surface area contributed by atoms with Gasteiger partial charge in [0.25, 0.3) is 0 Å². The number of likely N-dealkylation sites (tertiary alicyclic amines) is 1. The lowest BCUT2D eigenvalue weighted by atomic mass is 9.74. The van der Waals surface area contributed by atoms with Crippen molar-refractivity contribution >= 4 is 11.9 Å². The number of halogens is 1. The van der Waals surface area contributed by atoms with Crippen LogP contribution in [0.2, 0.25) is 0 Å². The summed E-state index contributed by atoms with van der Waals surface area (Å²) in [5, 5.41) is 9.72. The van der Waals surface area contributed by atoms with E-state index in [1.54, 1.807) is 23.1 Å². The zero-order chi connectivity index (χ0) is 16.9. The minimum atomic E-state index is -0.917. The summed E-state index contributed by atoms with van der Waals surface area (Å²) in [6.45, 7) is 1.35. The Kier molecular flexibility index (Phi) is 3.42. The lowest BCUT2D eigenvalue weighted by Crippen LogP contribution is -2.45. The van der Waals surface area contributed by atoms with E-state index in [4.69, 9.17) is 4.74 Å². The number of amides is 1. The van der Waals surface area contributed by atoms with Crippen molar-refractivity contribution in [3.8, 4) is 0 Å². The standard InChI is InChI=1S/C18H20FNO4/c19-14-4-2-1-3-13(14)17(5-6-17)15(21)20-9-12-10-24-8-7-18(12,11-20)16(22)23/h1-4,12H,5-11H2,(H,22,23)/t12-,18+/m1/s1. The third-order valence-electron chi connectivity index (χ3n) is 5.97. The molecule has 0 radical (unpaired) electrons. The molecule has 1 N–H and O–H groups in total. The van der Waals surface area contributed by atoms with Crippen LogP contribution in [0.15, 0.2) is 24.3 Å². The Balaban J connectivity index is 1.62. The highest BCUT2D eigenvalue weighted by atomic mass is 19.1. The van der Waals surface area contributed by atoms with Gasteiger partial charge in [0.1, 0.15) is 5.82 Å². The van der Waals surface area contributed by atoms with Crippen LogP contribution in [-0.2, 0) is 19.7 Å². The number of carbonyl (C=O) groups is 2. The molecule has 1 saturated carbocycles. The predicted molar refractivity (Wildman–Crippen MR) is 82.9 cm³/mol. The molecule has 6 heteroatoms. The van der Waals surface area contributed by atoms with Gasteiger partial charge in [0.2, 0.25) is 5.91 Å². The van der Waals surface area contributed by atoms with Crippen LogP contribution in [0.25, 0.3) is 0 Å². The molecule has 0 aromatic heterocycles. The Morgan fingerprint density at radius 2 is 2.00 bits per heavy atom. The summed E-state index contributed by atoms with van der Waals surface area (Å²) in [5.41, 5.74) is -1.29. The molecule has 2 saturated heterocycles. The number of carboxylic acids is 1. The first-order chi connectivity index (χ1) is 11.5. The maximum Gasteiger partial charge on any atom is 0.311 e. The minimum absolute atomic E-state index is 0.136. The molecule has 128 valence electrons. The van der Waals surface area contributed by atoms with Crippen LogP contribution in [0.3, 0.4) is 0 Å². The normalized spacial score (nSPS) is 30.7. The molecule has 1 aromatic carbocycles. The van der Waals surface area contributed by atoms with Gasteiger partial charge >= 0.3 is 5.97 Å². The highest BCUT2D eigenvalue weighted by Gasteiger charge is 2.60. The smallest absolute Gasteiger partial charge is 0.311 e. The molecule has 0 bridgehead atoms. The Morgan fingerprint density at radius 3 is 2.62 bits per heavy atom. The number of ether oxygens (including phenoxy) is 1. The molecule has 0 unspecified atom stereocenters. The summed E-state index contributed by atoms with van der Waals surface area (Å²) in [4.78, 5) is 26.6. The molecular formula is C18H20FNO4. The number of benzene rings is 1. The second-order valence-corrected chi connectivity index (χ2v) is 7.23. The second kappa shape index (κ2) is 5.28. The van der Waals surface area contributed by atoms with Gasteiger partial charge in [-0.2, -0.15) is 0 Å². The molecule has 4 rings (SSSR count).